The highest BCUT2D eigenvalue weighted by molar-refractivity contribution is 5.73. The fourth-order valence-corrected chi connectivity index (χ4v) is 1.37. The molecular weight excluding hydrogens is 190 g/mol. The van der Waals surface area contributed by atoms with E-state index in [-0.39, 0.29) is 6.04 Å². The SMILES string of the molecule is CC(C)=CCN(C)C(CC(C)C)C(=O)O. The molecule has 0 aromatic carbocycles. The van der Waals surface area contributed by atoms with E-state index in [1.165, 1.54) is 5.57 Å². The van der Waals surface area contributed by atoms with Gasteiger partial charge < -0.3 is 5.11 Å². The Balaban J connectivity index is 4.35. The molecule has 0 bridgehead atoms. The molecule has 3 nitrogen and oxygen atoms in total. The zero-order valence-corrected chi connectivity index (χ0v) is 10.4. The van der Waals surface area contributed by atoms with Gasteiger partial charge in [0.25, 0.3) is 0 Å². The van der Waals surface area contributed by atoms with Gasteiger partial charge in [-0.05, 0) is 33.2 Å². The highest BCUT2D eigenvalue weighted by atomic mass is 16.4. The monoisotopic (exact) mass is 213 g/mol. The summed E-state index contributed by atoms with van der Waals surface area (Å²) >= 11 is 0. The molecule has 0 aromatic heterocycles. The number of carbonyl (C=O) groups is 1. The molecule has 15 heavy (non-hydrogen) atoms. The standard InChI is InChI=1S/C12H23NO2/c1-9(2)6-7-13(5)11(12(14)15)8-10(3)4/h6,10-11H,7-8H2,1-5H3,(H,14,15). The minimum absolute atomic E-state index is 0.374. The van der Waals surface area contributed by atoms with E-state index in [0.717, 1.165) is 0 Å². The molecule has 0 heterocycles. The van der Waals surface area contributed by atoms with E-state index < -0.39 is 5.97 Å². The van der Waals surface area contributed by atoms with Gasteiger partial charge in [0, 0.05) is 6.54 Å². The Hall–Kier alpha value is -0.830. The fraction of sp³-hybridized carbons (Fsp3) is 0.750. The van der Waals surface area contributed by atoms with Gasteiger partial charge in [-0.2, -0.15) is 0 Å². The van der Waals surface area contributed by atoms with Crippen molar-refractivity contribution in [2.45, 2.75) is 40.2 Å². The van der Waals surface area contributed by atoms with Crippen molar-refractivity contribution in [3.63, 3.8) is 0 Å². The van der Waals surface area contributed by atoms with Crippen LogP contribution in [0.3, 0.4) is 0 Å². The van der Waals surface area contributed by atoms with Crippen molar-refractivity contribution in [1.82, 2.24) is 4.90 Å². The average molecular weight is 213 g/mol. The zero-order valence-electron chi connectivity index (χ0n) is 10.4. The first-order valence-electron chi connectivity index (χ1n) is 5.41. The lowest BCUT2D eigenvalue weighted by Crippen LogP contribution is -2.39. The summed E-state index contributed by atoms with van der Waals surface area (Å²) in [6.45, 7) is 8.83. The van der Waals surface area contributed by atoms with Crippen LogP contribution in [0, 0.1) is 5.92 Å². The molecule has 0 saturated carbocycles. The second-order valence-corrected chi connectivity index (χ2v) is 4.70. The maximum absolute atomic E-state index is 11.1. The van der Waals surface area contributed by atoms with Crippen LogP contribution in [0.25, 0.3) is 0 Å². The van der Waals surface area contributed by atoms with Crippen molar-refractivity contribution in [3.05, 3.63) is 11.6 Å². The van der Waals surface area contributed by atoms with E-state index in [1.54, 1.807) is 0 Å². The topological polar surface area (TPSA) is 40.5 Å². The normalized spacial score (nSPS) is 13.0. The van der Waals surface area contributed by atoms with Crippen LogP contribution in [0.4, 0.5) is 0 Å². The lowest BCUT2D eigenvalue weighted by molar-refractivity contribution is -0.143. The number of rotatable bonds is 6. The Morgan fingerprint density at radius 2 is 1.93 bits per heavy atom. The van der Waals surface area contributed by atoms with Crippen LogP contribution < -0.4 is 0 Å². The molecule has 0 spiro atoms. The first-order chi connectivity index (χ1) is 6.84. The smallest absolute Gasteiger partial charge is 0.320 e. The second-order valence-electron chi connectivity index (χ2n) is 4.70. The number of nitrogens with zero attached hydrogens (tertiary/aromatic N) is 1. The van der Waals surface area contributed by atoms with E-state index in [0.29, 0.717) is 18.9 Å². The summed E-state index contributed by atoms with van der Waals surface area (Å²) in [6.07, 6.45) is 2.75. The summed E-state index contributed by atoms with van der Waals surface area (Å²) in [6, 6.07) is -0.374. The predicted molar refractivity (Wildman–Crippen MR) is 62.9 cm³/mol. The molecule has 0 rings (SSSR count). The molecule has 3 heteroatoms. The van der Waals surface area contributed by atoms with E-state index in [9.17, 15) is 4.79 Å². The van der Waals surface area contributed by atoms with Crippen molar-refractivity contribution in [1.29, 1.82) is 0 Å². The van der Waals surface area contributed by atoms with Crippen LogP contribution in [-0.2, 0) is 4.79 Å². The minimum Gasteiger partial charge on any atom is -0.480 e. The van der Waals surface area contributed by atoms with Gasteiger partial charge in [0.15, 0.2) is 0 Å². The third-order valence-corrected chi connectivity index (χ3v) is 2.30. The van der Waals surface area contributed by atoms with Crippen LogP contribution in [0.1, 0.15) is 34.1 Å². The molecule has 88 valence electrons. The highest BCUT2D eigenvalue weighted by Crippen LogP contribution is 2.10. The Morgan fingerprint density at radius 3 is 2.27 bits per heavy atom. The van der Waals surface area contributed by atoms with E-state index in [2.05, 4.69) is 6.08 Å². The van der Waals surface area contributed by atoms with Crippen LogP contribution in [0.2, 0.25) is 0 Å². The number of carboxylic acids is 1. The summed E-state index contributed by atoms with van der Waals surface area (Å²) in [5.41, 5.74) is 1.22. The van der Waals surface area contributed by atoms with Crippen LogP contribution in [0.5, 0.6) is 0 Å². The molecule has 1 atom stereocenters. The van der Waals surface area contributed by atoms with Gasteiger partial charge in [0.05, 0.1) is 0 Å². The molecular formula is C12H23NO2. The Bertz CT molecular complexity index is 230. The number of likely N-dealkylation sites (N-methyl/N-ethyl adjacent to an activating group) is 1. The van der Waals surface area contributed by atoms with E-state index >= 15 is 0 Å². The first-order valence-corrected chi connectivity index (χ1v) is 5.41. The quantitative estimate of drug-likeness (QED) is 0.689. The lowest BCUT2D eigenvalue weighted by atomic mass is 10.0. The fourth-order valence-electron chi connectivity index (χ4n) is 1.37. The van der Waals surface area contributed by atoms with E-state index in [1.807, 2.05) is 39.6 Å². The second kappa shape index (κ2) is 6.62. The Morgan fingerprint density at radius 1 is 1.40 bits per heavy atom. The molecule has 0 aliphatic heterocycles. The van der Waals surface area contributed by atoms with E-state index in [4.69, 9.17) is 5.11 Å². The maximum Gasteiger partial charge on any atom is 0.320 e. The predicted octanol–water partition coefficient (Wildman–Crippen LogP) is 2.38. The summed E-state index contributed by atoms with van der Waals surface area (Å²) in [5.74, 6) is -0.325. The van der Waals surface area contributed by atoms with Crippen molar-refractivity contribution in [3.8, 4) is 0 Å². The number of hydrogen-bond donors (Lipinski definition) is 1. The van der Waals surface area contributed by atoms with Crippen molar-refractivity contribution in [2.24, 2.45) is 5.92 Å². The third-order valence-electron chi connectivity index (χ3n) is 2.30. The largest absolute Gasteiger partial charge is 0.480 e. The summed E-state index contributed by atoms with van der Waals surface area (Å²) in [7, 11) is 1.86. The summed E-state index contributed by atoms with van der Waals surface area (Å²) in [5, 5.41) is 9.10. The minimum atomic E-state index is -0.728. The molecule has 0 radical (unpaired) electrons. The van der Waals surface area contributed by atoms with Gasteiger partial charge in [-0.15, -0.1) is 0 Å². The average Bonchev–Trinajstić information content (AvgIpc) is 2.09. The molecule has 0 aliphatic rings. The van der Waals surface area contributed by atoms with Crippen LogP contribution in [-0.4, -0.2) is 35.6 Å². The number of hydrogen-bond acceptors (Lipinski definition) is 2. The lowest BCUT2D eigenvalue weighted by Gasteiger charge is -2.24. The van der Waals surface area contributed by atoms with Gasteiger partial charge in [0.2, 0.25) is 0 Å². The zero-order chi connectivity index (χ0) is 12.0. The number of allylic oxidation sites excluding steroid dienone is 1. The maximum atomic E-state index is 11.1. The van der Waals surface area contributed by atoms with Crippen LogP contribution in [0.15, 0.2) is 11.6 Å². The van der Waals surface area contributed by atoms with Gasteiger partial charge >= 0.3 is 5.97 Å². The van der Waals surface area contributed by atoms with Gasteiger partial charge in [-0.3, -0.25) is 9.69 Å². The van der Waals surface area contributed by atoms with Gasteiger partial charge in [-0.25, -0.2) is 0 Å². The first kappa shape index (κ1) is 14.2. The van der Waals surface area contributed by atoms with Gasteiger partial charge in [-0.1, -0.05) is 25.5 Å². The molecule has 1 N–H and O–H groups in total. The van der Waals surface area contributed by atoms with Gasteiger partial charge in [0.1, 0.15) is 6.04 Å². The Labute approximate surface area is 92.8 Å². The van der Waals surface area contributed by atoms with Crippen molar-refractivity contribution >= 4 is 5.97 Å². The molecule has 1 unspecified atom stereocenters. The molecule has 0 fully saturated rings. The third kappa shape index (κ3) is 6.28. The molecule has 0 aliphatic carbocycles. The number of aliphatic carboxylic acids is 1. The Kier molecular flexibility index (Phi) is 6.25. The molecule has 0 saturated heterocycles. The summed E-state index contributed by atoms with van der Waals surface area (Å²) in [4.78, 5) is 12.9. The highest BCUT2D eigenvalue weighted by Gasteiger charge is 2.22. The number of carboxylic acid groups (broad SMARTS) is 1. The molecule has 0 aromatic rings. The van der Waals surface area contributed by atoms with Crippen molar-refractivity contribution < 1.29 is 9.90 Å². The molecule has 0 amide bonds. The van der Waals surface area contributed by atoms with Crippen molar-refractivity contribution in [2.75, 3.05) is 13.6 Å². The van der Waals surface area contributed by atoms with Crippen LogP contribution >= 0.6 is 0 Å². The summed E-state index contributed by atoms with van der Waals surface area (Å²) < 4.78 is 0.